The lowest BCUT2D eigenvalue weighted by atomic mass is 10.1. The van der Waals surface area contributed by atoms with Crippen LogP contribution < -0.4 is 11.1 Å². The highest BCUT2D eigenvalue weighted by Crippen LogP contribution is 2.19. The molecule has 1 amide bonds. The number of hydrogen-bond acceptors (Lipinski definition) is 3. The minimum atomic E-state index is -1.07. The van der Waals surface area contributed by atoms with E-state index in [0.29, 0.717) is 6.42 Å². The van der Waals surface area contributed by atoms with Crippen LogP contribution >= 0.6 is 22.6 Å². The number of anilines is 1. The standard InChI is InChI=1S/C13H17IN2O3/c1-2-3-4-10(15)12(17)16-11-6-5-8(14)7-9(11)13(18)19/h5-7,10H,2-4,15H2,1H3,(H,16,17)(H,18,19). The molecule has 1 unspecified atom stereocenters. The van der Waals surface area contributed by atoms with Gasteiger partial charge in [-0.1, -0.05) is 19.8 Å². The molecule has 0 heterocycles. The molecule has 19 heavy (non-hydrogen) atoms. The van der Waals surface area contributed by atoms with Gasteiger partial charge in [0, 0.05) is 3.57 Å². The van der Waals surface area contributed by atoms with Gasteiger partial charge >= 0.3 is 5.97 Å². The van der Waals surface area contributed by atoms with Crippen molar-refractivity contribution in [1.29, 1.82) is 0 Å². The van der Waals surface area contributed by atoms with Gasteiger partial charge in [-0.2, -0.15) is 0 Å². The number of carbonyl (C=O) groups excluding carboxylic acids is 1. The van der Waals surface area contributed by atoms with E-state index in [-0.39, 0.29) is 17.2 Å². The highest BCUT2D eigenvalue weighted by molar-refractivity contribution is 14.1. The first kappa shape index (κ1) is 15.9. The zero-order valence-electron chi connectivity index (χ0n) is 10.6. The van der Waals surface area contributed by atoms with Gasteiger partial charge in [0.05, 0.1) is 17.3 Å². The average molecular weight is 376 g/mol. The molecule has 1 atom stereocenters. The molecule has 1 rings (SSSR count). The topological polar surface area (TPSA) is 92.4 Å². The lowest BCUT2D eigenvalue weighted by Crippen LogP contribution is -2.35. The Labute approximate surface area is 125 Å². The van der Waals surface area contributed by atoms with Crippen LogP contribution in [-0.2, 0) is 4.79 Å². The van der Waals surface area contributed by atoms with Crippen LogP contribution in [0, 0.1) is 3.57 Å². The van der Waals surface area contributed by atoms with Crippen molar-refractivity contribution in [3.63, 3.8) is 0 Å². The number of nitrogens with one attached hydrogen (secondary N) is 1. The van der Waals surface area contributed by atoms with Crippen molar-refractivity contribution in [2.45, 2.75) is 32.2 Å². The van der Waals surface area contributed by atoms with Gasteiger partial charge in [-0.15, -0.1) is 0 Å². The van der Waals surface area contributed by atoms with E-state index in [1.165, 1.54) is 6.07 Å². The van der Waals surface area contributed by atoms with E-state index in [1.807, 2.05) is 29.5 Å². The number of carboxylic acids is 1. The summed E-state index contributed by atoms with van der Waals surface area (Å²) in [6, 6.07) is 4.22. The number of nitrogens with two attached hydrogens (primary N) is 1. The number of aromatic carboxylic acids is 1. The summed E-state index contributed by atoms with van der Waals surface area (Å²) < 4.78 is 0.795. The van der Waals surface area contributed by atoms with Crippen LogP contribution in [0.15, 0.2) is 18.2 Å². The van der Waals surface area contributed by atoms with Crippen molar-refractivity contribution in [3.05, 3.63) is 27.3 Å². The molecule has 104 valence electrons. The summed E-state index contributed by atoms with van der Waals surface area (Å²) in [5.41, 5.74) is 6.10. The Morgan fingerprint density at radius 2 is 2.16 bits per heavy atom. The van der Waals surface area contributed by atoms with Crippen molar-refractivity contribution in [1.82, 2.24) is 0 Å². The van der Waals surface area contributed by atoms with E-state index in [2.05, 4.69) is 5.32 Å². The van der Waals surface area contributed by atoms with E-state index in [0.717, 1.165) is 16.4 Å². The van der Waals surface area contributed by atoms with E-state index < -0.39 is 12.0 Å². The van der Waals surface area contributed by atoms with E-state index >= 15 is 0 Å². The third-order valence-electron chi connectivity index (χ3n) is 2.68. The van der Waals surface area contributed by atoms with Crippen molar-refractivity contribution in [2.24, 2.45) is 5.73 Å². The second-order valence-corrected chi connectivity index (χ2v) is 5.48. The van der Waals surface area contributed by atoms with Crippen molar-refractivity contribution >= 4 is 40.2 Å². The Morgan fingerprint density at radius 1 is 1.47 bits per heavy atom. The Kier molecular flexibility index (Phi) is 6.23. The number of benzene rings is 1. The number of halogens is 1. The number of hydrogen-bond donors (Lipinski definition) is 3. The molecule has 4 N–H and O–H groups in total. The maximum Gasteiger partial charge on any atom is 0.337 e. The van der Waals surface area contributed by atoms with Gasteiger partial charge in [-0.25, -0.2) is 4.79 Å². The van der Waals surface area contributed by atoms with Gasteiger partial charge in [0.15, 0.2) is 0 Å². The van der Waals surface area contributed by atoms with Crippen LogP contribution in [0.1, 0.15) is 36.5 Å². The fourth-order valence-electron chi connectivity index (χ4n) is 1.58. The van der Waals surface area contributed by atoms with Crippen LogP contribution in [0.2, 0.25) is 0 Å². The normalized spacial score (nSPS) is 11.9. The Hall–Kier alpha value is -1.15. The molecule has 0 saturated heterocycles. The van der Waals surface area contributed by atoms with Crippen molar-refractivity contribution in [3.8, 4) is 0 Å². The van der Waals surface area contributed by atoms with Crippen molar-refractivity contribution < 1.29 is 14.7 Å². The molecule has 5 nitrogen and oxygen atoms in total. The lowest BCUT2D eigenvalue weighted by molar-refractivity contribution is -0.117. The highest BCUT2D eigenvalue weighted by Gasteiger charge is 2.17. The van der Waals surface area contributed by atoms with Crippen LogP contribution in [-0.4, -0.2) is 23.0 Å². The summed E-state index contributed by atoms with van der Waals surface area (Å²) in [4.78, 5) is 23.0. The largest absolute Gasteiger partial charge is 0.478 e. The molecule has 0 saturated carbocycles. The second kappa shape index (κ2) is 7.44. The molecule has 0 bridgehead atoms. The summed E-state index contributed by atoms with van der Waals surface area (Å²) in [5, 5.41) is 11.7. The SMILES string of the molecule is CCCCC(N)C(=O)Nc1ccc(I)cc1C(=O)O. The fraction of sp³-hybridized carbons (Fsp3) is 0.385. The Balaban J connectivity index is 2.81. The molecular weight excluding hydrogens is 359 g/mol. The molecule has 0 spiro atoms. The summed E-state index contributed by atoms with van der Waals surface area (Å²) >= 11 is 2.02. The minimum Gasteiger partial charge on any atom is -0.478 e. The Morgan fingerprint density at radius 3 is 2.74 bits per heavy atom. The molecule has 0 aliphatic carbocycles. The van der Waals surface area contributed by atoms with Crippen LogP contribution in [0.5, 0.6) is 0 Å². The van der Waals surface area contributed by atoms with Gasteiger partial charge in [0.2, 0.25) is 5.91 Å². The molecular formula is C13H17IN2O3. The lowest BCUT2D eigenvalue weighted by Gasteiger charge is -2.13. The summed E-state index contributed by atoms with van der Waals surface area (Å²) in [5.74, 6) is -1.42. The fourth-order valence-corrected chi connectivity index (χ4v) is 2.07. The molecule has 6 heteroatoms. The van der Waals surface area contributed by atoms with Gasteiger partial charge < -0.3 is 16.2 Å². The first-order valence-electron chi connectivity index (χ1n) is 6.05. The molecule has 0 radical (unpaired) electrons. The maximum absolute atomic E-state index is 11.8. The first-order chi connectivity index (χ1) is 8.95. The van der Waals surface area contributed by atoms with E-state index in [1.54, 1.807) is 12.1 Å². The quantitative estimate of drug-likeness (QED) is 0.665. The third kappa shape index (κ3) is 4.79. The van der Waals surface area contributed by atoms with E-state index in [4.69, 9.17) is 10.8 Å². The molecule has 0 fully saturated rings. The molecule has 0 aliphatic heterocycles. The summed E-state index contributed by atoms with van der Waals surface area (Å²) in [6.07, 6.45) is 2.42. The predicted molar refractivity (Wildman–Crippen MR) is 82.2 cm³/mol. The molecule has 1 aromatic carbocycles. The zero-order valence-corrected chi connectivity index (χ0v) is 12.8. The monoisotopic (exact) mass is 376 g/mol. The van der Waals surface area contributed by atoms with E-state index in [9.17, 15) is 9.59 Å². The summed E-state index contributed by atoms with van der Waals surface area (Å²) in [7, 11) is 0. The van der Waals surface area contributed by atoms with Gasteiger partial charge in [-0.05, 0) is 47.2 Å². The number of rotatable bonds is 6. The third-order valence-corrected chi connectivity index (χ3v) is 3.35. The number of unbranched alkanes of at least 4 members (excludes halogenated alkanes) is 1. The summed E-state index contributed by atoms with van der Waals surface area (Å²) in [6.45, 7) is 2.02. The number of carboxylic acid groups (broad SMARTS) is 1. The number of carbonyl (C=O) groups is 2. The number of amides is 1. The maximum atomic E-state index is 11.8. The van der Waals surface area contributed by atoms with Crippen LogP contribution in [0.4, 0.5) is 5.69 Å². The van der Waals surface area contributed by atoms with Crippen LogP contribution in [0.25, 0.3) is 0 Å². The second-order valence-electron chi connectivity index (χ2n) is 4.23. The molecule has 1 aromatic rings. The predicted octanol–water partition coefficient (Wildman–Crippen LogP) is 2.45. The minimum absolute atomic E-state index is 0.0722. The van der Waals surface area contributed by atoms with Gasteiger partial charge in [0.1, 0.15) is 0 Å². The van der Waals surface area contributed by atoms with Gasteiger partial charge in [0.25, 0.3) is 0 Å². The van der Waals surface area contributed by atoms with Gasteiger partial charge in [-0.3, -0.25) is 4.79 Å². The average Bonchev–Trinajstić information content (AvgIpc) is 2.37. The first-order valence-corrected chi connectivity index (χ1v) is 7.12. The van der Waals surface area contributed by atoms with Crippen LogP contribution in [0.3, 0.4) is 0 Å². The highest BCUT2D eigenvalue weighted by atomic mass is 127. The van der Waals surface area contributed by atoms with Crippen molar-refractivity contribution in [2.75, 3.05) is 5.32 Å². The smallest absolute Gasteiger partial charge is 0.337 e. The zero-order chi connectivity index (χ0) is 14.4. The molecule has 0 aromatic heterocycles. The Bertz CT molecular complexity index is 477. The molecule has 0 aliphatic rings.